The molecule has 0 aromatic heterocycles. The first-order chi connectivity index (χ1) is 9.33. The Morgan fingerprint density at radius 1 is 1.35 bits per heavy atom. The van der Waals surface area contributed by atoms with Crippen molar-refractivity contribution in [3.63, 3.8) is 0 Å². The third-order valence-corrected chi connectivity index (χ3v) is 2.85. The minimum atomic E-state index is -0.500. The van der Waals surface area contributed by atoms with Crippen molar-refractivity contribution in [2.45, 2.75) is 52.6 Å². The Hall–Kier alpha value is -1.52. The minimum absolute atomic E-state index is 0.262. The average Bonchev–Trinajstić information content (AvgIpc) is 2.37. The van der Waals surface area contributed by atoms with E-state index < -0.39 is 5.60 Å². The third-order valence-electron chi connectivity index (χ3n) is 2.85. The highest BCUT2D eigenvalue weighted by atomic mass is 16.6. The molecule has 1 rings (SSSR count). The van der Waals surface area contributed by atoms with E-state index in [9.17, 15) is 9.59 Å². The first kappa shape index (κ1) is 16.5. The van der Waals surface area contributed by atoms with Crippen LogP contribution in [0.3, 0.4) is 0 Å². The smallest absolute Gasteiger partial charge is 0.410 e. The summed E-state index contributed by atoms with van der Waals surface area (Å²) < 4.78 is 10.5. The van der Waals surface area contributed by atoms with Crippen LogP contribution in [0.1, 0.15) is 47.0 Å². The van der Waals surface area contributed by atoms with Gasteiger partial charge in [0.2, 0.25) is 0 Å². The molecule has 1 aliphatic rings. The summed E-state index contributed by atoms with van der Waals surface area (Å²) in [6.07, 6.45) is 3.81. The van der Waals surface area contributed by atoms with E-state index >= 15 is 0 Å². The van der Waals surface area contributed by atoms with Gasteiger partial charge in [0.25, 0.3) is 0 Å². The topological polar surface area (TPSA) is 55.8 Å². The Balaban J connectivity index is 2.44. The van der Waals surface area contributed by atoms with Gasteiger partial charge in [-0.05, 0) is 33.6 Å². The molecule has 0 aromatic carbocycles. The number of ether oxygens (including phenoxy) is 2. The van der Waals surface area contributed by atoms with Crippen molar-refractivity contribution in [1.82, 2.24) is 4.90 Å². The van der Waals surface area contributed by atoms with Gasteiger partial charge in [0.15, 0.2) is 0 Å². The van der Waals surface area contributed by atoms with E-state index in [0.717, 1.165) is 12.8 Å². The lowest BCUT2D eigenvalue weighted by Gasteiger charge is -2.29. The molecule has 0 saturated heterocycles. The van der Waals surface area contributed by atoms with Crippen molar-refractivity contribution in [3.8, 4) is 0 Å². The molecule has 5 nitrogen and oxygen atoms in total. The maximum absolute atomic E-state index is 11.9. The fourth-order valence-electron chi connectivity index (χ4n) is 1.75. The summed E-state index contributed by atoms with van der Waals surface area (Å²) >= 11 is 0. The standard InChI is InChI=1S/C15H25NO4/c1-5-6-11-19-13(17)12-7-9-16(10-8-12)14(18)20-15(2,3)4/h7H,5-6,8-11H2,1-4H3. The molecule has 0 aromatic rings. The molecule has 5 heteroatoms. The number of rotatable bonds is 4. The van der Waals surface area contributed by atoms with Crippen LogP contribution in [0.25, 0.3) is 0 Å². The number of hydrogen-bond donors (Lipinski definition) is 0. The Bertz CT molecular complexity index is 382. The maximum Gasteiger partial charge on any atom is 0.410 e. The number of unbranched alkanes of at least 4 members (excludes halogenated alkanes) is 1. The van der Waals surface area contributed by atoms with Crippen molar-refractivity contribution in [3.05, 3.63) is 11.6 Å². The second kappa shape index (κ2) is 7.31. The molecule has 1 aliphatic heterocycles. The summed E-state index contributed by atoms with van der Waals surface area (Å²) in [6.45, 7) is 8.90. The van der Waals surface area contributed by atoms with E-state index in [1.54, 1.807) is 11.0 Å². The molecule has 0 spiro atoms. The van der Waals surface area contributed by atoms with Crippen molar-refractivity contribution in [2.75, 3.05) is 19.7 Å². The molecule has 20 heavy (non-hydrogen) atoms. The molecule has 114 valence electrons. The lowest BCUT2D eigenvalue weighted by Crippen LogP contribution is -2.39. The SMILES string of the molecule is CCCCOC(=O)C1=CCN(C(=O)OC(C)(C)C)CC1. The first-order valence-corrected chi connectivity index (χ1v) is 7.17. The highest BCUT2D eigenvalue weighted by Crippen LogP contribution is 2.16. The molecule has 0 N–H and O–H groups in total. The Kier molecular flexibility index (Phi) is 6.05. The van der Waals surface area contributed by atoms with E-state index in [4.69, 9.17) is 9.47 Å². The van der Waals surface area contributed by atoms with Crippen molar-refractivity contribution in [2.24, 2.45) is 0 Å². The van der Waals surface area contributed by atoms with Crippen LogP contribution in [0.4, 0.5) is 4.79 Å². The van der Waals surface area contributed by atoms with Gasteiger partial charge in [0.1, 0.15) is 5.60 Å². The maximum atomic E-state index is 11.9. The van der Waals surface area contributed by atoms with Gasteiger partial charge >= 0.3 is 12.1 Å². The highest BCUT2D eigenvalue weighted by Gasteiger charge is 2.25. The van der Waals surface area contributed by atoms with Gasteiger partial charge in [-0.3, -0.25) is 0 Å². The zero-order valence-electron chi connectivity index (χ0n) is 12.9. The van der Waals surface area contributed by atoms with Gasteiger partial charge in [-0.25, -0.2) is 9.59 Å². The van der Waals surface area contributed by atoms with Crippen LogP contribution in [0.5, 0.6) is 0 Å². The highest BCUT2D eigenvalue weighted by molar-refractivity contribution is 5.89. The number of carbonyl (C=O) groups is 2. The normalized spacial score (nSPS) is 15.6. The quantitative estimate of drug-likeness (QED) is 0.588. The molecule has 0 aliphatic carbocycles. The lowest BCUT2D eigenvalue weighted by atomic mass is 10.1. The minimum Gasteiger partial charge on any atom is -0.462 e. The van der Waals surface area contributed by atoms with Crippen molar-refractivity contribution >= 4 is 12.1 Å². The number of nitrogens with zero attached hydrogens (tertiary/aromatic N) is 1. The summed E-state index contributed by atoms with van der Waals surface area (Å²) in [5.41, 5.74) is 0.154. The molecular formula is C15H25NO4. The fourth-order valence-corrected chi connectivity index (χ4v) is 1.75. The Morgan fingerprint density at radius 2 is 2.05 bits per heavy atom. The summed E-state index contributed by atoms with van der Waals surface area (Å²) in [7, 11) is 0. The number of esters is 1. The van der Waals surface area contributed by atoms with Gasteiger partial charge in [-0.15, -0.1) is 0 Å². The summed E-state index contributed by atoms with van der Waals surface area (Å²) in [5.74, 6) is -0.262. The number of hydrogen-bond acceptors (Lipinski definition) is 4. The van der Waals surface area contributed by atoms with E-state index in [0.29, 0.717) is 31.7 Å². The van der Waals surface area contributed by atoms with Crippen LogP contribution >= 0.6 is 0 Å². The summed E-state index contributed by atoms with van der Waals surface area (Å²) in [4.78, 5) is 25.2. The number of carbonyl (C=O) groups excluding carboxylic acids is 2. The van der Waals surface area contributed by atoms with Crippen molar-refractivity contribution < 1.29 is 19.1 Å². The second-order valence-corrected chi connectivity index (χ2v) is 5.90. The van der Waals surface area contributed by atoms with Crippen LogP contribution < -0.4 is 0 Å². The van der Waals surface area contributed by atoms with E-state index in [2.05, 4.69) is 0 Å². The molecule has 0 bridgehead atoms. The van der Waals surface area contributed by atoms with E-state index in [-0.39, 0.29) is 12.1 Å². The van der Waals surface area contributed by atoms with Gasteiger partial charge in [0, 0.05) is 18.7 Å². The van der Waals surface area contributed by atoms with E-state index in [1.807, 2.05) is 27.7 Å². The molecule has 1 heterocycles. The molecule has 0 radical (unpaired) electrons. The van der Waals surface area contributed by atoms with Crippen LogP contribution in [0.15, 0.2) is 11.6 Å². The van der Waals surface area contributed by atoms with Crippen LogP contribution in [-0.2, 0) is 14.3 Å². The van der Waals surface area contributed by atoms with Crippen LogP contribution in [0, 0.1) is 0 Å². The molecule has 1 amide bonds. The largest absolute Gasteiger partial charge is 0.462 e. The fraction of sp³-hybridized carbons (Fsp3) is 0.733. The number of amides is 1. The predicted molar refractivity (Wildman–Crippen MR) is 76.4 cm³/mol. The molecule has 0 saturated carbocycles. The molecule has 0 fully saturated rings. The first-order valence-electron chi connectivity index (χ1n) is 7.17. The predicted octanol–water partition coefficient (Wildman–Crippen LogP) is 2.90. The van der Waals surface area contributed by atoms with Gasteiger partial charge in [-0.2, -0.15) is 0 Å². The van der Waals surface area contributed by atoms with Gasteiger partial charge < -0.3 is 14.4 Å². The zero-order chi connectivity index (χ0) is 15.2. The lowest BCUT2D eigenvalue weighted by molar-refractivity contribution is -0.139. The monoisotopic (exact) mass is 283 g/mol. The summed E-state index contributed by atoms with van der Waals surface area (Å²) in [5, 5.41) is 0. The van der Waals surface area contributed by atoms with Crippen LogP contribution in [0.2, 0.25) is 0 Å². The van der Waals surface area contributed by atoms with Crippen LogP contribution in [-0.4, -0.2) is 42.3 Å². The molecule has 0 atom stereocenters. The summed E-state index contributed by atoms with van der Waals surface area (Å²) in [6, 6.07) is 0. The van der Waals surface area contributed by atoms with Gasteiger partial charge in [-0.1, -0.05) is 19.4 Å². The second-order valence-electron chi connectivity index (χ2n) is 5.90. The average molecular weight is 283 g/mol. The van der Waals surface area contributed by atoms with Gasteiger partial charge in [0.05, 0.1) is 6.61 Å². The molecular weight excluding hydrogens is 258 g/mol. The zero-order valence-corrected chi connectivity index (χ0v) is 12.9. The van der Waals surface area contributed by atoms with Crippen molar-refractivity contribution in [1.29, 1.82) is 0 Å². The molecule has 0 unspecified atom stereocenters. The Labute approximate surface area is 120 Å². The van der Waals surface area contributed by atoms with E-state index in [1.165, 1.54) is 0 Å². The third kappa shape index (κ3) is 5.63. The Morgan fingerprint density at radius 3 is 2.55 bits per heavy atom.